The molecule has 0 spiro atoms. The first-order valence-corrected chi connectivity index (χ1v) is 7.88. The van der Waals surface area contributed by atoms with Crippen LogP contribution in [0.4, 0.5) is 30.7 Å². The third-order valence-corrected chi connectivity index (χ3v) is 3.66. The van der Waals surface area contributed by atoms with Crippen LogP contribution < -0.4 is 9.47 Å². The fraction of sp³-hybridized carbons (Fsp3) is 0.105. The molecule has 3 nitrogen and oxygen atoms in total. The van der Waals surface area contributed by atoms with Crippen LogP contribution in [0.25, 0.3) is 22.3 Å². The van der Waals surface area contributed by atoms with E-state index in [9.17, 15) is 30.7 Å². The number of benzene rings is 2. The normalized spacial score (nSPS) is 12.0. The Morgan fingerprint density at radius 1 is 0.621 bits per heavy atom. The average molecular weight is 417 g/mol. The lowest BCUT2D eigenvalue weighted by atomic mass is 10.0. The molecule has 0 unspecified atom stereocenters. The highest BCUT2D eigenvalue weighted by atomic mass is 19.4. The molecule has 0 fully saturated rings. The van der Waals surface area contributed by atoms with Crippen molar-refractivity contribution in [3.63, 3.8) is 0 Å². The molecule has 3 rings (SSSR count). The molecule has 0 aliphatic rings. The second-order valence-corrected chi connectivity index (χ2v) is 5.71. The highest BCUT2D eigenvalue weighted by molar-refractivity contribution is 5.72. The van der Waals surface area contributed by atoms with Gasteiger partial charge in [0.05, 0.1) is 0 Å². The van der Waals surface area contributed by atoms with E-state index in [2.05, 4.69) is 14.5 Å². The van der Waals surface area contributed by atoms with E-state index < -0.39 is 30.2 Å². The summed E-state index contributed by atoms with van der Waals surface area (Å²) in [5.41, 5.74) is 1.06. The van der Waals surface area contributed by atoms with Crippen LogP contribution in [0.3, 0.4) is 0 Å². The van der Waals surface area contributed by atoms with Crippen LogP contribution in [0, 0.1) is 5.95 Å². The smallest absolute Gasteiger partial charge is 0.406 e. The molecule has 0 atom stereocenters. The predicted octanol–water partition coefficient (Wildman–Crippen LogP) is 6.35. The van der Waals surface area contributed by atoms with E-state index in [1.807, 2.05) is 0 Å². The molecule has 1 heterocycles. The standard InChI is InChI=1S/C19H10F7NO2/c20-17-16(12-3-7-15(8-4-12)29-19(24,25)26)9-13(10-27-17)11-1-5-14(6-2-11)28-18(21,22)23/h1-10H. The summed E-state index contributed by atoms with van der Waals surface area (Å²) in [7, 11) is 0. The fourth-order valence-electron chi connectivity index (χ4n) is 2.49. The Morgan fingerprint density at radius 2 is 1.07 bits per heavy atom. The number of nitrogens with zero attached hydrogens (tertiary/aromatic N) is 1. The number of hydrogen-bond donors (Lipinski definition) is 0. The Morgan fingerprint density at radius 3 is 1.52 bits per heavy atom. The molecule has 2 aromatic carbocycles. The van der Waals surface area contributed by atoms with Crippen molar-refractivity contribution in [3.05, 3.63) is 66.7 Å². The summed E-state index contributed by atoms with van der Waals surface area (Å²) in [6, 6.07) is 10.7. The molecule has 0 aliphatic heterocycles. The number of rotatable bonds is 4. The van der Waals surface area contributed by atoms with Gasteiger partial charge in [-0.1, -0.05) is 24.3 Å². The largest absolute Gasteiger partial charge is 0.573 e. The topological polar surface area (TPSA) is 31.4 Å². The van der Waals surface area contributed by atoms with Crippen LogP contribution >= 0.6 is 0 Å². The molecule has 0 saturated carbocycles. The quantitative estimate of drug-likeness (QED) is 0.366. The molecular weight excluding hydrogens is 407 g/mol. The summed E-state index contributed by atoms with van der Waals surface area (Å²) in [5, 5.41) is 0. The summed E-state index contributed by atoms with van der Waals surface area (Å²) in [5.74, 6) is -1.75. The van der Waals surface area contributed by atoms with Gasteiger partial charge in [-0.15, -0.1) is 26.3 Å². The molecule has 29 heavy (non-hydrogen) atoms. The maximum absolute atomic E-state index is 14.1. The molecule has 0 N–H and O–H groups in total. The van der Waals surface area contributed by atoms with Gasteiger partial charge in [-0.3, -0.25) is 0 Å². The Hall–Kier alpha value is -3.30. The van der Waals surface area contributed by atoms with Crippen LogP contribution in [-0.2, 0) is 0 Å². The van der Waals surface area contributed by atoms with Crippen LogP contribution in [0.15, 0.2) is 60.8 Å². The minimum Gasteiger partial charge on any atom is -0.406 e. The number of aromatic nitrogens is 1. The lowest BCUT2D eigenvalue weighted by Crippen LogP contribution is -2.16. The maximum atomic E-state index is 14.1. The number of halogens is 7. The van der Waals surface area contributed by atoms with Gasteiger partial charge in [-0.25, -0.2) is 4.98 Å². The Labute approximate surface area is 159 Å². The van der Waals surface area contributed by atoms with Gasteiger partial charge in [0.1, 0.15) is 11.5 Å². The Bertz CT molecular complexity index is 981. The van der Waals surface area contributed by atoms with E-state index in [0.717, 1.165) is 24.3 Å². The molecule has 0 amide bonds. The van der Waals surface area contributed by atoms with Crippen molar-refractivity contribution in [2.45, 2.75) is 12.7 Å². The molecule has 152 valence electrons. The number of ether oxygens (including phenoxy) is 2. The van der Waals surface area contributed by atoms with Crippen LogP contribution in [0.5, 0.6) is 11.5 Å². The maximum Gasteiger partial charge on any atom is 0.573 e. The number of alkyl halides is 6. The van der Waals surface area contributed by atoms with Gasteiger partial charge in [0.2, 0.25) is 5.95 Å². The van der Waals surface area contributed by atoms with E-state index in [-0.39, 0.29) is 11.1 Å². The minimum absolute atomic E-state index is 0.00308. The molecular formula is C19H10F7NO2. The monoisotopic (exact) mass is 417 g/mol. The molecule has 0 radical (unpaired) electrons. The van der Waals surface area contributed by atoms with Crippen molar-refractivity contribution in [1.82, 2.24) is 4.98 Å². The van der Waals surface area contributed by atoms with Crippen molar-refractivity contribution in [2.24, 2.45) is 0 Å². The fourth-order valence-corrected chi connectivity index (χ4v) is 2.49. The van der Waals surface area contributed by atoms with E-state index in [1.54, 1.807) is 0 Å². The molecule has 1 aromatic heterocycles. The summed E-state index contributed by atoms with van der Waals surface area (Å²) < 4.78 is 95.0. The van der Waals surface area contributed by atoms with Gasteiger partial charge in [-0.2, -0.15) is 4.39 Å². The zero-order valence-corrected chi connectivity index (χ0v) is 14.2. The van der Waals surface area contributed by atoms with Crippen molar-refractivity contribution < 1.29 is 40.2 Å². The van der Waals surface area contributed by atoms with Crippen molar-refractivity contribution in [3.8, 4) is 33.8 Å². The van der Waals surface area contributed by atoms with Gasteiger partial charge in [0.25, 0.3) is 0 Å². The second-order valence-electron chi connectivity index (χ2n) is 5.71. The van der Waals surface area contributed by atoms with Crippen LogP contribution in [-0.4, -0.2) is 17.7 Å². The lowest BCUT2D eigenvalue weighted by Gasteiger charge is -2.11. The highest BCUT2D eigenvalue weighted by Gasteiger charge is 2.31. The Kier molecular flexibility index (Phi) is 5.36. The predicted molar refractivity (Wildman–Crippen MR) is 88.4 cm³/mol. The molecule has 0 bridgehead atoms. The molecule has 10 heteroatoms. The SMILES string of the molecule is Fc1ncc(-c2ccc(OC(F)(F)F)cc2)cc1-c1ccc(OC(F)(F)F)cc1. The molecule has 0 saturated heterocycles. The first-order valence-electron chi connectivity index (χ1n) is 7.88. The highest BCUT2D eigenvalue weighted by Crippen LogP contribution is 2.31. The van der Waals surface area contributed by atoms with Crippen LogP contribution in [0.2, 0.25) is 0 Å². The first-order chi connectivity index (χ1) is 13.5. The second kappa shape index (κ2) is 7.61. The van der Waals surface area contributed by atoms with Gasteiger partial charge < -0.3 is 9.47 Å². The molecule has 0 aliphatic carbocycles. The first kappa shape index (κ1) is 20.4. The van der Waals surface area contributed by atoms with E-state index in [1.165, 1.54) is 36.5 Å². The van der Waals surface area contributed by atoms with Crippen LogP contribution in [0.1, 0.15) is 0 Å². The summed E-state index contributed by atoms with van der Waals surface area (Å²) in [4.78, 5) is 3.61. The number of hydrogen-bond acceptors (Lipinski definition) is 3. The van der Waals surface area contributed by atoms with Gasteiger partial charge in [-0.05, 0) is 41.5 Å². The van der Waals surface area contributed by atoms with Gasteiger partial charge >= 0.3 is 12.7 Å². The minimum atomic E-state index is -4.85. The summed E-state index contributed by atoms with van der Waals surface area (Å²) in [6.07, 6.45) is -8.50. The van der Waals surface area contributed by atoms with Crippen molar-refractivity contribution in [1.29, 1.82) is 0 Å². The van der Waals surface area contributed by atoms with E-state index >= 15 is 0 Å². The van der Waals surface area contributed by atoms with Gasteiger partial charge in [0.15, 0.2) is 0 Å². The molecule has 3 aromatic rings. The summed E-state index contributed by atoms with van der Waals surface area (Å²) in [6.45, 7) is 0. The van der Waals surface area contributed by atoms with Crippen molar-refractivity contribution >= 4 is 0 Å². The Balaban J connectivity index is 1.87. The van der Waals surface area contributed by atoms with E-state index in [4.69, 9.17) is 0 Å². The lowest BCUT2D eigenvalue weighted by molar-refractivity contribution is -0.275. The third-order valence-electron chi connectivity index (χ3n) is 3.66. The summed E-state index contributed by atoms with van der Waals surface area (Å²) >= 11 is 0. The van der Waals surface area contributed by atoms with Crippen molar-refractivity contribution in [2.75, 3.05) is 0 Å². The number of pyridine rings is 1. The zero-order chi connectivity index (χ0) is 21.2. The van der Waals surface area contributed by atoms with E-state index in [0.29, 0.717) is 11.1 Å². The van der Waals surface area contributed by atoms with Gasteiger partial charge in [0, 0.05) is 17.3 Å². The third kappa shape index (κ3) is 5.59. The zero-order valence-electron chi connectivity index (χ0n) is 14.2. The average Bonchev–Trinajstić information content (AvgIpc) is 2.61.